The molecule has 0 saturated carbocycles. The molecule has 0 radical (unpaired) electrons. The molecule has 1 heterocycles. The normalized spacial score (nSPS) is 21.6. The molecule has 2 atom stereocenters. The van der Waals surface area contributed by atoms with Gasteiger partial charge in [0.15, 0.2) is 6.61 Å². The number of carbonyl (C=O) groups is 1. The molecular weight excluding hydrogens is 268 g/mol. The second kappa shape index (κ2) is 7.88. The Bertz CT molecular complexity index is 447. The minimum absolute atomic E-state index is 0.0479. The monoisotopic (exact) mass is 292 g/mol. The average molecular weight is 292 g/mol. The maximum atomic E-state index is 11.9. The van der Waals surface area contributed by atoms with E-state index < -0.39 is 0 Å². The topological polar surface area (TPSA) is 59.6 Å². The average Bonchev–Trinajstić information content (AvgIpc) is 2.47. The Kier molecular flexibility index (Phi) is 5.87. The van der Waals surface area contributed by atoms with Crippen molar-refractivity contribution in [2.24, 2.45) is 0 Å². The summed E-state index contributed by atoms with van der Waals surface area (Å²) in [5.41, 5.74) is 0. The summed E-state index contributed by atoms with van der Waals surface area (Å²) in [5, 5.41) is 6.39. The van der Waals surface area contributed by atoms with E-state index >= 15 is 0 Å². The Balaban J connectivity index is 1.73. The van der Waals surface area contributed by atoms with Gasteiger partial charge in [-0.05, 0) is 57.5 Å². The van der Waals surface area contributed by atoms with Gasteiger partial charge < -0.3 is 20.1 Å². The predicted octanol–water partition coefficient (Wildman–Crippen LogP) is 1.72. The van der Waals surface area contributed by atoms with Gasteiger partial charge in [-0.15, -0.1) is 0 Å². The van der Waals surface area contributed by atoms with Crippen LogP contribution in [0.25, 0.3) is 0 Å². The molecule has 1 fully saturated rings. The van der Waals surface area contributed by atoms with Crippen molar-refractivity contribution < 1.29 is 14.3 Å². The van der Waals surface area contributed by atoms with Crippen LogP contribution in [0.4, 0.5) is 0 Å². The molecule has 1 amide bonds. The van der Waals surface area contributed by atoms with Gasteiger partial charge in [0.05, 0.1) is 6.61 Å². The number of carbonyl (C=O) groups excluding carboxylic acids is 1. The Morgan fingerprint density at radius 3 is 2.57 bits per heavy atom. The number of amides is 1. The quantitative estimate of drug-likeness (QED) is 0.838. The van der Waals surface area contributed by atoms with Crippen molar-refractivity contribution in [1.29, 1.82) is 0 Å². The summed E-state index contributed by atoms with van der Waals surface area (Å²) >= 11 is 0. The zero-order valence-electron chi connectivity index (χ0n) is 12.7. The maximum absolute atomic E-state index is 11.9. The van der Waals surface area contributed by atoms with Gasteiger partial charge in [-0.1, -0.05) is 0 Å². The molecule has 2 N–H and O–H groups in total. The second-order valence-corrected chi connectivity index (χ2v) is 5.34. The fourth-order valence-corrected chi connectivity index (χ4v) is 2.48. The van der Waals surface area contributed by atoms with Gasteiger partial charge in [0.1, 0.15) is 11.5 Å². The molecule has 0 aliphatic carbocycles. The van der Waals surface area contributed by atoms with Crippen molar-refractivity contribution in [3.63, 3.8) is 0 Å². The van der Waals surface area contributed by atoms with E-state index in [-0.39, 0.29) is 18.6 Å². The summed E-state index contributed by atoms with van der Waals surface area (Å²) in [6.45, 7) is 5.71. The van der Waals surface area contributed by atoms with Gasteiger partial charge in [0, 0.05) is 12.1 Å². The summed E-state index contributed by atoms with van der Waals surface area (Å²) in [6, 6.07) is 8.00. The van der Waals surface area contributed by atoms with Gasteiger partial charge in [0.2, 0.25) is 0 Å². The lowest BCUT2D eigenvalue weighted by Crippen LogP contribution is -2.47. The fourth-order valence-electron chi connectivity index (χ4n) is 2.48. The third-order valence-corrected chi connectivity index (χ3v) is 3.49. The molecule has 2 rings (SSSR count). The number of piperidine rings is 1. The highest BCUT2D eigenvalue weighted by atomic mass is 16.5. The van der Waals surface area contributed by atoms with E-state index in [1.807, 2.05) is 31.2 Å². The molecule has 116 valence electrons. The molecular formula is C16H24N2O3. The summed E-state index contributed by atoms with van der Waals surface area (Å²) in [6.07, 6.45) is 1.94. The first-order valence-corrected chi connectivity index (χ1v) is 7.55. The standard InChI is InChI=1S/C16H24N2O3/c1-3-20-14-4-6-15(7-5-14)21-11-16(19)18-13-8-9-17-12(2)10-13/h4-7,12-13,17H,3,8-11H2,1-2H3,(H,18,19). The fraction of sp³-hybridized carbons (Fsp3) is 0.562. The molecule has 0 bridgehead atoms. The smallest absolute Gasteiger partial charge is 0.258 e. The number of nitrogens with one attached hydrogen (secondary N) is 2. The zero-order chi connectivity index (χ0) is 15.1. The number of benzene rings is 1. The summed E-state index contributed by atoms with van der Waals surface area (Å²) in [5.74, 6) is 1.41. The van der Waals surface area contributed by atoms with E-state index in [9.17, 15) is 4.79 Å². The highest BCUT2D eigenvalue weighted by Crippen LogP contribution is 2.17. The van der Waals surface area contributed by atoms with Crippen LogP contribution < -0.4 is 20.1 Å². The maximum Gasteiger partial charge on any atom is 0.258 e. The van der Waals surface area contributed by atoms with E-state index in [1.165, 1.54) is 0 Å². The molecule has 5 heteroatoms. The summed E-state index contributed by atoms with van der Waals surface area (Å²) in [4.78, 5) is 11.9. The minimum atomic E-state index is -0.0667. The molecule has 5 nitrogen and oxygen atoms in total. The van der Waals surface area contributed by atoms with E-state index in [0.717, 1.165) is 25.1 Å². The van der Waals surface area contributed by atoms with Crippen molar-refractivity contribution >= 4 is 5.91 Å². The van der Waals surface area contributed by atoms with Crippen LogP contribution in [0.1, 0.15) is 26.7 Å². The van der Waals surface area contributed by atoms with Crippen molar-refractivity contribution in [3.05, 3.63) is 24.3 Å². The Hall–Kier alpha value is -1.75. The highest BCUT2D eigenvalue weighted by Gasteiger charge is 2.19. The molecule has 1 aromatic rings. The lowest BCUT2D eigenvalue weighted by Gasteiger charge is -2.28. The molecule has 1 aliphatic rings. The van der Waals surface area contributed by atoms with Crippen LogP contribution in [0.2, 0.25) is 0 Å². The van der Waals surface area contributed by atoms with Gasteiger partial charge >= 0.3 is 0 Å². The molecule has 0 spiro atoms. The first kappa shape index (κ1) is 15.6. The first-order chi connectivity index (χ1) is 10.2. The summed E-state index contributed by atoms with van der Waals surface area (Å²) in [7, 11) is 0. The third kappa shape index (κ3) is 5.27. The lowest BCUT2D eigenvalue weighted by molar-refractivity contribution is -0.124. The van der Waals surface area contributed by atoms with Crippen LogP contribution in [0.15, 0.2) is 24.3 Å². The van der Waals surface area contributed by atoms with Crippen LogP contribution in [-0.2, 0) is 4.79 Å². The highest BCUT2D eigenvalue weighted by molar-refractivity contribution is 5.77. The van der Waals surface area contributed by atoms with E-state index in [2.05, 4.69) is 17.6 Å². The molecule has 21 heavy (non-hydrogen) atoms. The minimum Gasteiger partial charge on any atom is -0.494 e. The van der Waals surface area contributed by atoms with Gasteiger partial charge in [-0.2, -0.15) is 0 Å². The molecule has 1 saturated heterocycles. The molecule has 1 aliphatic heterocycles. The largest absolute Gasteiger partial charge is 0.494 e. The van der Waals surface area contributed by atoms with E-state index in [0.29, 0.717) is 18.4 Å². The molecule has 0 aromatic heterocycles. The molecule has 1 aromatic carbocycles. The second-order valence-electron chi connectivity index (χ2n) is 5.34. The molecule has 2 unspecified atom stereocenters. The van der Waals surface area contributed by atoms with Crippen LogP contribution in [0.5, 0.6) is 11.5 Å². The number of rotatable bonds is 6. The first-order valence-electron chi connectivity index (χ1n) is 7.55. The van der Waals surface area contributed by atoms with Gasteiger partial charge in [-0.3, -0.25) is 4.79 Å². The van der Waals surface area contributed by atoms with Crippen molar-refractivity contribution in [1.82, 2.24) is 10.6 Å². The van der Waals surface area contributed by atoms with Crippen LogP contribution in [-0.4, -0.2) is 37.7 Å². The number of hydrogen-bond donors (Lipinski definition) is 2. The Morgan fingerprint density at radius 2 is 1.95 bits per heavy atom. The Morgan fingerprint density at radius 1 is 1.29 bits per heavy atom. The number of ether oxygens (including phenoxy) is 2. The van der Waals surface area contributed by atoms with E-state index in [4.69, 9.17) is 9.47 Å². The third-order valence-electron chi connectivity index (χ3n) is 3.49. The van der Waals surface area contributed by atoms with Crippen LogP contribution in [0, 0.1) is 0 Å². The number of hydrogen-bond acceptors (Lipinski definition) is 4. The van der Waals surface area contributed by atoms with Crippen molar-refractivity contribution in [3.8, 4) is 11.5 Å². The van der Waals surface area contributed by atoms with Crippen LogP contribution >= 0.6 is 0 Å². The Labute approximate surface area is 126 Å². The van der Waals surface area contributed by atoms with Gasteiger partial charge in [0.25, 0.3) is 5.91 Å². The van der Waals surface area contributed by atoms with E-state index in [1.54, 1.807) is 0 Å². The van der Waals surface area contributed by atoms with Crippen molar-refractivity contribution in [2.75, 3.05) is 19.8 Å². The SMILES string of the molecule is CCOc1ccc(OCC(=O)NC2CCNC(C)C2)cc1. The van der Waals surface area contributed by atoms with Crippen LogP contribution in [0.3, 0.4) is 0 Å². The zero-order valence-corrected chi connectivity index (χ0v) is 12.7. The van der Waals surface area contributed by atoms with Crippen molar-refractivity contribution in [2.45, 2.75) is 38.8 Å². The summed E-state index contributed by atoms with van der Waals surface area (Å²) < 4.78 is 10.8. The predicted molar refractivity (Wildman–Crippen MR) is 81.7 cm³/mol. The van der Waals surface area contributed by atoms with Gasteiger partial charge in [-0.25, -0.2) is 0 Å². The lowest BCUT2D eigenvalue weighted by atomic mass is 10.0.